The van der Waals surface area contributed by atoms with Gasteiger partial charge in [0.15, 0.2) is 11.6 Å². The largest absolute Gasteiger partial charge is 0.339 e. The molecule has 0 aliphatic carbocycles. The number of nitrogens with zero attached hydrogens (tertiary/aromatic N) is 3. The summed E-state index contributed by atoms with van der Waals surface area (Å²) in [5, 5.41) is 13.8. The van der Waals surface area contributed by atoms with Crippen molar-refractivity contribution in [1.29, 1.82) is 0 Å². The lowest BCUT2D eigenvalue weighted by Gasteiger charge is -2.08. The molecule has 0 saturated heterocycles. The Balaban J connectivity index is 1.72. The van der Waals surface area contributed by atoms with E-state index < -0.39 is 0 Å². The second kappa shape index (κ2) is 6.82. The molecule has 1 aromatic heterocycles. The molecular formula is C17H14FN5O. The van der Waals surface area contributed by atoms with Gasteiger partial charge in [-0.25, -0.2) is 4.39 Å². The quantitative estimate of drug-likeness (QED) is 0.697. The fraction of sp³-hybridized carbons (Fsp3) is 0.0588. The second-order valence-corrected chi connectivity index (χ2v) is 5.06. The third-order valence-electron chi connectivity index (χ3n) is 3.22. The number of nitrogens with one attached hydrogen (secondary N) is 2. The Bertz CT molecular complexity index is 850. The van der Waals surface area contributed by atoms with E-state index in [0.717, 1.165) is 5.69 Å². The van der Waals surface area contributed by atoms with Crippen molar-refractivity contribution in [3.05, 3.63) is 66.1 Å². The Hall–Kier alpha value is -3.35. The van der Waals surface area contributed by atoms with Crippen LogP contribution in [0, 0.1) is 5.82 Å². The third kappa shape index (κ3) is 3.89. The molecule has 2 N–H and O–H groups in total. The third-order valence-corrected chi connectivity index (χ3v) is 3.22. The lowest BCUT2D eigenvalue weighted by molar-refractivity contribution is 0.101. The predicted octanol–water partition coefficient (Wildman–Crippen LogP) is 3.70. The van der Waals surface area contributed by atoms with E-state index in [-0.39, 0.29) is 17.5 Å². The SMILES string of the molecule is CC(=O)c1ccc(Nc2cnnc(Nc3ccc(F)cc3)n2)cc1. The van der Waals surface area contributed by atoms with Gasteiger partial charge in [-0.2, -0.15) is 10.1 Å². The van der Waals surface area contributed by atoms with E-state index in [1.807, 2.05) is 0 Å². The zero-order valence-electron chi connectivity index (χ0n) is 12.8. The van der Waals surface area contributed by atoms with E-state index in [9.17, 15) is 9.18 Å². The van der Waals surface area contributed by atoms with Gasteiger partial charge in [-0.05, 0) is 55.5 Å². The predicted molar refractivity (Wildman–Crippen MR) is 89.2 cm³/mol. The van der Waals surface area contributed by atoms with Crippen LogP contribution in [-0.2, 0) is 0 Å². The van der Waals surface area contributed by atoms with Crippen molar-refractivity contribution in [2.45, 2.75) is 6.92 Å². The average Bonchev–Trinajstić information content (AvgIpc) is 2.58. The van der Waals surface area contributed by atoms with Crippen molar-refractivity contribution in [1.82, 2.24) is 15.2 Å². The summed E-state index contributed by atoms with van der Waals surface area (Å²) in [4.78, 5) is 15.6. The molecule has 0 spiro atoms. The highest BCUT2D eigenvalue weighted by atomic mass is 19.1. The lowest BCUT2D eigenvalue weighted by Crippen LogP contribution is -2.02. The van der Waals surface area contributed by atoms with Gasteiger partial charge in [0.25, 0.3) is 0 Å². The van der Waals surface area contributed by atoms with Crippen LogP contribution in [0.2, 0.25) is 0 Å². The van der Waals surface area contributed by atoms with Gasteiger partial charge in [-0.1, -0.05) is 0 Å². The molecule has 0 unspecified atom stereocenters. The van der Waals surface area contributed by atoms with Gasteiger partial charge in [-0.3, -0.25) is 4.79 Å². The zero-order valence-corrected chi connectivity index (χ0v) is 12.8. The maximum atomic E-state index is 12.9. The van der Waals surface area contributed by atoms with Gasteiger partial charge < -0.3 is 10.6 Å². The monoisotopic (exact) mass is 323 g/mol. The summed E-state index contributed by atoms with van der Waals surface area (Å²) in [6, 6.07) is 12.9. The number of aromatic nitrogens is 3. The Morgan fingerprint density at radius 3 is 2.25 bits per heavy atom. The van der Waals surface area contributed by atoms with Crippen molar-refractivity contribution in [2.24, 2.45) is 0 Å². The van der Waals surface area contributed by atoms with Crippen molar-refractivity contribution in [3.63, 3.8) is 0 Å². The molecule has 24 heavy (non-hydrogen) atoms. The average molecular weight is 323 g/mol. The van der Waals surface area contributed by atoms with Gasteiger partial charge in [0, 0.05) is 16.9 Å². The number of ketones is 1. The molecule has 3 rings (SSSR count). The van der Waals surface area contributed by atoms with Crippen molar-refractivity contribution in [2.75, 3.05) is 10.6 Å². The minimum absolute atomic E-state index is 0.0102. The van der Waals surface area contributed by atoms with Gasteiger partial charge in [0.1, 0.15) is 5.82 Å². The molecule has 0 atom stereocenters. The maximum Gasteiger partial charge on any atom is 0.249 e. The fourth-order valence-electron chi connectivity index (χ4n) is 2.02. The van der Waals surface area contributed by atoms with Crippen molar-refractivity contribution in [3.8, 4) is 0 Å². The summed E-state index contributed by atoms with van der Waals surface area (Å²) in [5.41, 5.74) is 2.06. The molecule has 0 amide bonds. The topological polar surface area (TPSA) is 79.8 Å². The van der Waals surface area contributed by atoms with Gasteiger partial charge in [-0.15, -0.1) is 5.10 Å². The number of anilines is 4. The van der Waals surface area contributed by atoms with Crippen LogP contribution in [0.3, 0.4) is 0 Å². The van der Waals surface area contributed by atoms with Crippen LogP contribution in [0.15, 0.2) is 54.7 Å². The Kier molecular flexibility index (Phi) is 4.42. The molecule has 0 aliphatic rings. The number of hydrogen-bond donors (Lipinski definition) is 2. The number of carbonyl (C=O) groups excluding carboxylic acids is 1. The first-order valence-electron chi connectivity index (χ1n) is 7.20. The molecule has 0 fully saturated rings. The van der Waals surface area contributed by atoms with Crippen LogP contribution < -0.4 is 10.6 Å². The minimum atomic E-state index is -0.316. The number of rotatable bonds is 5. The number of carbonyl (C=O) groups is 1. The highest BCUT2D eigenvalue weighted by molar-refractivity contribution is 5.94. The first-order valence-corrected chi connectivity index (χ1v) is 7.20. The van der Waals surface area contributed by atoms with Crippen molar-refractivity contribution >= 4 is 28.9 Å². The summed E-state index contributed by atoms with van der Waals surface area (Å²) in [7, 11) is 0. The van der Waals surface area contributed by atoms with Crippen LogP contribution >= 0.6 is 0 Å². The van der Waals surface area contributed by atoms with Gasteiger partial charge >= 0.3 is 0 Å². The van der Waals surface area contributed by atoms with E-state index in [2.05, 4.69) is 25.8 Å². The normalized spacial score (nSPS) is 10.2. The van der Waals surface area contributed by atoms with E-state index in [1.54, 1.807) is 36.4 Å². The smallest absolute Gasteiger partial charge is 0.249 e. The summed E-state index contributed by atoms with van der Waals surface area (Å²) < 4.78 is 12.9. The summed E-state index contributed by atoms with van der Waals surface area (Å²) in [6.45, 7) is 1.52. The standard InChI is InChI=1S/C17H14FN5O/c1-11(24)12-2-6-14(7-3-12)20-16-10-19-23-17(22-16)21-15-8-4-13(18)5-9-15/h2-10H,1H3,(H2,20,21,22,23). The molecule has 0 aliphatic heterocycles. The van der Waals surface area contributed by atoms with Crippen LogP contribution in [0.25, 0.3) is 0 Å². The minimum Gasteiger partial charge on any atom is -0.339 e. The van der Waals surface area contributed by atoms with Gasteiger partial charge in [0.05, 0.1) is 6.20 Å². The molecule has 120 valence electrons. The van der Waals surface area contributed by atoms with E-state index in [0.29, 0.717) is 17.1 Å². The highest BCUT2D eigenvalue weighted by Crippen LogP contribution is 2.17. The van der Waals surface area contributed by atoms with Crippen LogP contribution in [0.1, 0.15) is 17.3 Å². The molecule has 0 saturated carbocycles. The first kappa shape index (κ1) is 15.5. The molecule has 7 heteroatoms. The molecule has 6 nitrogen and oxygen atoms in total. The number of hydrogen-bond acceptors (Lipinski definition) is 6. The van der Waals surface area contributed by atoms with E-state index in [4.69, 9.17) is 0 Å². The summed E-state index contributed by atoms with van der Waals surface area (Å²) in [5.74, 6) is 0.470. The summed E-state index contributed by atoms with van der Waals surface area (Å²) in [6.07, 6.45) is 1.48. The van der Waals surface area contributed by atoms with Crippen LogP contribution in [-0.4, -0.2) is 21.0 Å². The Morgan fingerprint density at radius 2 is 1.58 bits per heavy atom. The number of halogens is 1. The zero-order chi connectivity index (χ0) is 16.9. The second-order valence-electron chi connectivity index (χ2n) is 5.06. The molecule has 1 heterocycles. The van der Waals surface area contributed by atoms with Crippen LogP contribution in [0.5, 0.6) is 0 Å². The first-order chi connectivity index (χ1) is 11.6. The number of Topliss-reactive ketones (excluding diaryl/α,β-unsaturated/α-hetero) is 1. The number of benzene rings is 2. The molecule has 0 radical (unpaired) electrons. The molecule has 2 aromatic carbocycles. The van der Waals surface area contributed by atoms with Gasteiger partial charge in [0.2, 0.25) is 5.95 Å². The lowest BCUT2D eigenvalue weighted by atomic mass is 10.1. The van der Waals surface area contributed by atoms with Crippen molar-refractivity contribution < 1.29 is 9.18 Å². The molecule has 0 bridgehead atoms. The Morgan fingerprint density at radius 1 is 0.958 bits per heavy atom. The Labute approximate surface area is 137 Å². The maximum absolute atomic E-state index is 12.9. The molecular weight excluding hydrogens is 309 g/mol. The fourth-order valence-corrected chi connectivity index (χ4v) is 2.02. The highest BCUT2D eigenvalue weighted by Gasteiger charge is 2.03. The van der Waals surface area contributed by atoms with Crippen LogP contribution in [0.4, 0.5) is 27.5 Å². The molecule has 3 aromatic rings. The summed E-state index contributed by atoms with van der Waals surface area (Å²) >= 11 is 0. The van der Waals surface area contributed by atoms with E-state index in [1.165, 1.54) is 25.3 Å². The van der Waals surface area contributed by atoms with E-state index >= 15 is 0 Å².